The standard InChI is InChI=1S/C22H30N4O.HI/c1-17(10-11-18-8-6-5-7-9-18)25-22(23-2)24-16-19-12-14-20(15-13-19)21(27)26(3)4;/h5-9,12-15,17H,10-11,16H2,1-4H3,(H2,23,24,25);1H. The zero-order valence-electron chi connectivity index (χ0n) is 17.1. The first-order valence-electron chi connectivity index (χ1n) is 9.31. The number of benzene rings is 2. The number of aliphatic imine (C=N–C) groups is 1. The Bertz CT molecular complexity index is 745. The summed E-state index contributed by atoms with van der Waals surface area (Å²) in [5.74, 6) is 0.795. The Morgan fingerprint density at radius 1 is 1.04 bits per heavy atom. The zero-order valence-corrected chi connectivity index (χ0v) is 19.4. The van der Waals surface area contributed by atoms with Crippen molar-refractivity contribution >= 4 is 35.8 Å². The summed E-state index contributed by atoms with van der Waals surface area (Å²) in [6.45, 7) is 2.82. The molecule has 2 aromatic carbocycles. The predicted molar refractivity (Wildman–Crippen MR) is 127 cm³/mol. The molecular weight excluding hydrogens is 463 g/mol. The van der Waals surface area contributed by atoms with Crippen LogP contribution in [-0.2, 0) is 13.0 Å². The van der Waals surface area contributed by atoms with Crippen LogP contribution in [0, 0.1) is 0 Å². The molecule has 0 spiro atoms. The molecule has 0 aliphatic heterocycles. The molecule has 2 aromatic rings. The average molecular weight is 494 g/mol. The van der Waals surface area contributed by atoms with Gasteiger partial charge in [-0.25, -0.2) is 0 Å². The second kappa shape index (κ2) is 12.4. The molecule has 0 bridgehead atoms. The van der Waals surface area contributed by atoms with E-state index in [1.54, 1.807) is 26.0 Å². The van der Waals surface area contributed by atoms with Gasteiger partial charge in [-0.1, -0.05) is 42.5 Å². The van der Waals surface area contributed by atoms with E-state index in [-0.39, 0.29) is 29.9 Å². The zero-order chi connectivity index (χ0) is 19.6. The first kappa shape index (κ1) is 23.9. The summed E-state index contributed by atoms with van der Waals surface area (Å²) in [5, 5.41) is 6.76. The van der Waals surface area contributed by atoms with E-state index in [4.69, 9.17) is 0 Å². The molecule has 2 rings (SSSR count). The number of carbonyl (C=O) groups excluding carboxylic acids is 1. The summed E-state index contributed by atoms with van der Waals surface area (Å²) in [6, 6.07) is 18.5. The number of guanidine groups is 1. The summed E-state index contributed by atoms with van der Waals surface area (Å²) in [7, 11) is 5.29. The van der Waals surface area contributed by atoms with Gasteiger partial charge in [0.1, 0.15) is 0 Å². The number of halogens is 1. The summed E-state index contributed by atoms with van der Waals surface area (Å²) in [6.07, 6.45) is 2.07. The molecule has 0 aliphatic rings. The molecule has 0 saturated carbocycles. The van der Waals surface area contributed by atoms with E-state index in [0.717, 1.165) is 24.4 Å². The summed E-state index contributed by atoms with van der Waals surface area (Å²) in [5.41, 5.74) is 3.15. The number of rotatable bonds is 7. The molecule has 0 aliphatic carbocycles. The van der Waals surface area contributed by atoms with Crippen LogP contribution in [0.2, 0.25) is 0 Å². The van der Waals surface area contributed by atoms with Gasteiger partial charge in [0.05, 0.1) is 0 Å². The van der Waals surface area contributed by atoms with Crippen LogP contribution < -0.4 is 10.6 Å². The van der Waals surface area contributed by atoms with E-state index in [1.165, 1.54) is 5.56 Å². The number of nitrogens with zero attached hydrogens (tertiary/aromatic N) is 2. The average Bonchev–Trinajstić information content (AvgIpc) is 2.70. The van der Waals surface area contributed by atoms with Crippen molar-refractivity contribution in [1.29, 1.82) is 0 Å². The van der Waals surface area contributed by atoms with Crippen LogP contribution in [0.4, 0.5) is 0 Å². The summed E-state index contributed by atoms with van der Waals surface area (Å²) in [4.78, 5) is 17.8. The van der Waals surface area contributed by atoms with Gasteiger partial charge in [0.25, 0.3) is 5.91 Å². The van der Waals surface area contributed by atoms with E-state index >= 15 is 0 Å². The van der Waals surface area contributed by atoms with Crippen molar-refractivity contribution in [3.63, 3.8) is 0 Å². The number of nitrogens with one attached hydrogen (secondary N) is 2. The molecule has 0 aromatic heterocycles. The highest BCUT2D eigenvalue weighted by atomic mass is 127. The second-order valence-corrected chi connectivity index (χ2v) is 6.89. The van der Waals surface area contributed by atoms with Crippen LogP contribution in [0.15, 0.2) is 59.6 Å². The Morgan fingerprint density at radius 2 is 1.68 bits per heavy atom. The maximum absolute atomic E-state index is 11.9. The fourth-order valence-corrected chi connectivity index (χ4v) is 2.74. The maximum atomic E-state index is 11.9. The van der Waals surface area contributed by atoms with Crippen molar-refractivity contribution in [2.75, 3.05) is 21.1 Å². The number of hydrogen-bond donors (Lipinski definition) is 2. The van der Waals surface area contributed by atoms with Crippen molar-refractivity contribution < 1.29 is 4.79 Å². The van der Waals surface area contributed by atoms with E-state index in [0.29, 0.717) is 18.2 Å². The molecule has 1 amide bonds. The molecule has 28 heavy (non-hydrogen) atoms. The summed E-state index contributed by atoms with van der Waals surface area (Å²) >= 11 is 0. The first-order valence-corrected chi connectivity index (χ1v) is 9.31. The quantitative estimate of drug-likeness (QED) is 0.351. The monoisotopic (exact) mass is 494 g/mol. The van der Waals surface area contributed by atoms with Crippen LogP contribution in [0.3, 0.4) is 0 Å². The Hall–Kier alpha value is -2.09. The minimum atomic E-state index is 0. The van der Waals surface area contributed by atoms with E-state index < -0.39 is 0 Å². The predicted octanol–water partition coefficient (Wildman–Crippen LogP) is 3.69. The Balaban J connectivity index is 0.00000392. The molecule has 0 fully saturated rings. The second-order valence-electron chi connectivity index (χ2n) is 6.89. The lowest BCUT2D eigenvalue weighted by atomic mass is 10.1. The topological polar surface area (TPSA) is 56.7 Å². The van der Waals surface area contributed by atoms with Crippen molar-refractivity contribution in [1.82, 2.24) is 15.5 Å². The van der Waals surface area contributed by atoms with Gasteiger partial charge in [-0.3, -0.25) is 9.79 Å². The lowest BCUT2D eigenvalue weighted by Gasteiger charge is -2.18. The van der Waals surface area contributed by atoms with Gasteiger partial charge in [-0.05, 0) is 43.0 Å². The van der Waals surface area contributed by atoms with Gasteiger partial charge in [0.2, 0.25) is 0 Å². The smallest absolute Gasteiger partial charge is 0.253 e. The Labute approximate surface area is 185 Å². The van der Waals surface area contributed by atoms with Crippen LogP contribution in [0.25, 0.3) is 0 Å². The molecule has 1 atom stereocenters. The number of hydrogen-bond acceptors (Lipinski definition) is 2. The third-order valence-electron chi connectivity index (χ3n) is 4.38. The van der Waals surface area contributed by atoms with Crippen molar-refractivity contribution in [2.45, 2.75) is 32.4 Å². The number of aryl methyl sites for hydroxylation is 1. The van der Waals surface area contributed by atoms with Crippen molar-refractivity contribution in [3.8, 4) is 0 Å². The highest BCUT2D eigenvalue weighted by Gasteiger charge is 2.08. The molecule has 0 saturated heterocycles. The van der Waals surface area contributed by atoms with E-state index in [2.05, 4.69) is 46.8 Å². The third-order valence-corrected chi connectivity index (χ3v) is 4.38. The summed E-state index contributed by atoms with van der Waals surface area (Å²) < 4.78 is 0. The van der Waals surface area contributed by atoms with Crippen molar-refractivity contribution in [2.24, 2.45) is 4.99 Å². The van der Waals surface area contributed by atoms with Crippen molar-refractivity contribution in [3.05, 3.63) is 71.3 Å². The van der Waals surface area contributed by atoms with Gasteiger partial charge < -0.3 is 15.5 Å². The normalized spacial score (nSPS) is 11.9. The Kier molecular flexibility index (Phi) is 10.6. The number of amides is 1. The SMILES string of the molecule is CN=C(NCc1ccc(C(=O)N(C)C)cc1)NC(C)CCc1ccccc1.I. The molecule has 0 heterocycles. The van der Waals surface area contributed by atoms with Gasteiger partial charge in [0.15, 0.2) is 5.96 Å². The van der Waals surface area contributed by atoms with E-state index in [9.17, 15) is 4.79 Å². The highest BCUT2D eigenvalue weighted by Crippen LogP contribution is 2.07. The molecule has 1 unspecified atom stereocenters. The van der Waals surface area contributed by atoms with Crippen LogP contribution >= 0.6 is 24.0 Å². The third kappa shape index (κ3) is 7.88. The lowest BCUT2D eigenvalue weighted by Crippen LogP contribution is -2.42. The molecule has 2 N–H and O–H groups in total. The number of carbonyl (C=O) groups is 1. The lowest BCUT2D eigenvalue weighted by molar-refractivity contribution is 0.0827. The van der Waals surface area contributed by atoms with Crippen LogP contribution in [0.1, 0.15) is 34.8 Å². The van der Waals surface area contributed by atoms with Gasteiger partial charge >= 0.3 is 0 Å². The van der Waals surface area contributed by atoms with Gasteiger partial charge in [-0.15, -0.1) is 24.0 Å². The molecule has 5 nitrogen and oxygen atoms in total. The highest BCUT2D eigenvalue weighted by molar-refractivity contribution is 14.0. The fraction of sp³-hybridized carbons (Fsp3) is 0.364. The van der Waals surface area contributed by atoms with E-state index in [1.807, 2.05) is 30.3 Å². The Morgan fingerprint density at radius 3 is 2.25 bits per heavy atom. The molecule has 152 valence electrons. The first-order chi connectivity index (χ1) is 13.0. The molecule has 6 heteroatoms. The van der Waals surface area contributed by atoms with Gasteiger partial charge in [0, 0.05) is 39.3 Å². The van der Waals surface area contributed by atoms with Crippen LogP contribution in [-0.4, -0.2) is 44.0 Å². The molecular formula is C22H31IN4O. The minimum absolute atomic E-state index is 0. The largest absolute Gasteiger partial charge is 0.354 e. The molecule has 0 radical (unpaired) electrons. The van der Waals surface area contributed by atoms with Gasteiger partial charge in [-0.2, -0.15) is 0 Å². The fourth-order valence-electron chi connectivity index (χ4n) is 2.74. The van der Waals surface area contributed by atoms with Crippen LogP contribution in [0.5, 0.6) is 0 Å². The maximum Gasteiger partial charge on any atom is 0.253 e. The minimum Gasteiger partial charge on any atom is -0.354 e.